The van der Waals surface area contributed by atoms with E-state index in [1.54, 1.807) is 49.6 Å². The number of hydrogen-bond donors (Lipinski definition) is 1. The minimum absolute atomic E-state index is 0.0357. The van der Waals surface area contributed by atoms with Gasteiger partial charge in [0.05, 0.1) is 16.9 Å². The third kappa shape index (κ3) is 12.0. The molecule has 0 atom stereocenters. The van der Waals surface area contributed by atoms with E-state index < -0.39 is 0 Å². The van der Waals surface area contributed by atoms with Crippen LogP contribution in [0.4, 0.5) is 9.59 Å². The number of imide groups is 2. The van der Waals surface area contributed by atoms with E-state index in [1.165, 1.54) is 20.2 Å². The van der Waals surface area contributed by atoms with Crippen LogP contribution in [0.15, 0.2) is 104 Å². The third-order valence-electron chi connectivity index (χ3n) is 6.85. The topological polar surface area (TPSA) is 123 Å². The van der Waals surface area contributed by atoms with Crippen molar-refractivity contribution >= 4 is 140 Å². The molecule has 2 heterocycles. The lowest BCUT2D eigenvalue weighted by Crippen LogP contribution is -2.22. The Hall–Kier alpha value is -3.00. The first-order valence-electron chi connectivity index (χ1n) is 14.9. The van der Waals surface area contributed by atoms with Gasteiger partial charge < -0.3 is 19.3 Å². The molecule has 274 valence electrons. The summed E-state index contributed by atoms with van der Waals surface area (Å²) in [5.74, 6) is 1.87. The molecule has 0 spiro atoms. The van der Waals surface area contributed by atoms with Gasteiger partial charge >= 0.3 is 3.18 Å². The van der Waals surface area contributed by atoms with Gasteiger partial charge in [0.1, 0.15) is 11.5 Å². The third-order valence-corrected chi connectivity index (χ3v) is 10.1. The van der Waals surface area contributed by atoms with Crippen LogP contribution < -0.4 is 14.2 Å². The molecule has 0 aliphatic carbocycles. The number of phenolic OH excluding ortho intramolecular Hbond substituents is 1. The normalized spacial score (nSPS) is 15.2. The first kappa shape index (κ1) is 42.7. The number of likely N-dealkylation sites (N-methyl/N-ethyl adjacent to an activating group) is 2. The number of benzene rings is 4. The highest BCUT2D eigenvalue weighted by molar-refractivity contribution is 9.69. The van der Waals surface area contributed by atoms with Crippen LogP contribution in [-0.2, 0) is 9.59 Å². The van der Waals surface area contributed by atoms with Crippen molar-refractivity contribution in [1.29, 1.82) is 0 Å². The van der Waals surface area contributed by atoms with Gasteiger partial charge in [-0.1, -0.05) is 68.3 Å². The minimum atomic E-state index is -0.351. The quantitative estimate of drug-likeness (QED) is 0.141. The average Bonchev–Trinajstić information content (AvgIpc) is 3.51. The van der Waals surface area contributed by atoms with Crippen molar-refractivity contribution in [3.63, 3.8) is 0 Å². The summed E-state index contributed by atoms with van der Waals surface area (Å²) in [5.41, 5.74) is 1.34. The second-order valence-corrected chi connectivity index (χ2v) is 20.6. The zero-order chi connectivity index (χ0) is 38.8. The molecule has 4 aromatic rings. The number of aromatic hydroxyl groups is 1. The Morgan fingerprint density at radius 2 is 1.04 bits per heavy atom. The van der Waals surface area contributed by atoms with E-state index in [-0.39, 0.29) is 37.0 Å². The van der Waals surface area contributed by atoms with E-state index in [4.69, 9.17) is 14.2 Å². The first-order chi connectivity index (χ1) is 25.2. The molecule has 1 N–H and O–H groups in total. The highest BCUT2D eigenvalue weighted by Gasteiger charge is 2.33. The van der Waals surface area contributed by atoms with Gasteiger partial charge in [0.2, 0.25) is 0 Å². The lowest BCUT2D eigenvalue weighted by atomic mass is 10.2. The van der Waals surface area contributed by atoms with Crippen LogP contribution >= 0.6 is 103 Å². The maximum Gasteiger partial charge on any atom is 0.369 e. The largest absolute Gasteiger partial charge is 0.504 e. The molecule has 10 nitrogen and oxygen atoms in total. The summed E-state index contributed by atoms with van der Waals surface area (Å²) in [7, 11) is 4.46. The van der Waals surface area contributed by atoms with Gasteiger partial charge in [-0.25, -0.2) is 0 Å². The van der Waals surface area contributed by atoms with Crippen molar-refractivity contribution in [3.8, 4) is 34.5 Å². The van der Waals surface area contributed by atoms with Crippen LogP contribution in [-0.4, -0.2) is 61.6 Å². The number of halogens is 5. The molecule has 0 unspecified atom stereocenters. The van der Waals surface area contributed by atoms with E-state index in [0.29, 0.717) is 48.4 Å². The number of methoxy groups -OCH3 is 1. The fourth-order valence-electron chi connectivity index (χ4n) is 4.26. The summed E-state index contributed by atoms with van der Waals surface area (Å²) in [6, 6.07) is 25.0. The van der Waals surface area contributed by atoms with E-state index in [1.807, 2.05) is 48.5 Å². The number of nitrogens with zero attached hydrogens (tertiary/aromatic N) is 2. The van der Waals surface area contributed by atoms with Gasteiger partial charge in [0, 0.05) is 23.0 Å². The number of ether oxygens (including phenoxy) is 3. The summed E-state index contributed by atoms with van der Waals surface area (Å²) < 4.78 is 18.5. The van der Waals surface area contributed by atoms with Gasteiger partial charge in [-0.05, 0) is 95.3 Å². The SMILES string of the molecule is BrB(Br)Br.CN1C(=O)S/C(=C\c2cc(Oc3ccccc3)c(O)cc2Br)C1=O.COc1cc(Br)c(/C=C2\SC(=O)N(C)C2=O)cc1Oc1ccccc1. The van der Waals surface area contributed by atoms with Crippen molar-refractivity contribution in [2.75, 3.05) is 21.2 Å². The Morgan fingerprint density at radius 1 is 0.642 bits per heavy atom. The number of phenols is 1. The summed E-state index contributed by atoms with van der Waals surface area (Å²) in [5, 5.41) is 9.46. The van der Waals surface area contributed by atoms with E-state index in [2.05, 4.69) is 79.1 Å². The van der Waals surface area contributed by atoms with Gasteiger partial charge in [-0.15, -0.1) is 47.3 Å². The van der Waals surface area contributed by atoms with Crippen LogP contribution in [0.3, 0.4) is 0 Å². The predicted octanol–water partition coefficient (Wildman–Crippen LogP) is 11.7. The fourth-order valence-corrected chi connectivity index (χ4v) is 6.78. The Kier molecular flexibility index (Phi) is 16.2. The van der Waals surface area contributed by atoms with E-state index >= 15 is 0 Å². The average molecular weight is 1080 g/mol. The number of hydrogen-bond acceptors (Lipinski definition) is 10. The highest BCUT2D eigenvalue weighted by Crippen LogP contribution is 2.40. The molecule has 2 aliphatic rings. The lowest BCUT2D eigenvalue weighted by molar-refractivity contribution is -0.122. The van der Waals surface area contributed by atoms with Crippen molar-refractivity contribution in [2.45, 2.75) is 0 Å². The Balaban J connectivity index is 0.000000215. The Bertz CT molecular complexity index is 2070. The number of carbonyl (C=O) groups excluding carboxylic acids is 4. The minimum Gasteiger partial charge on any atom is -0.504 e. The van der Waals surface area contributed by atoms with Crippen LogP contribution in [0, 0.1) is 0 Å². The summed E-state index contributed by atoms with van der Waals surface area (Å²) in [4.78, 5) is 50.1. The molecule has 2 saturated heterocycles. The smallest absolute Gasteiger partial charge is 0.369 e. The van der Waals surface area contributed by atoms with E-state index in [0.717, 1.165) is 37.8 Å². The Morgan fingerprint density at radius 3 is 1.43 bits per heavy atom. The van der Waals surface area contributed by atoms with Crippen molar-refractivity contribution in [1.82, 2.24) is 9.80 Å². The fraction of sp³-hybridized carbons (Fsp3) is 0.0857. The molecular weight excluding hydrogens is 1050 g/mol. The number of amides is 4. The van der Waals surface area contributed by atoms with E-state index in [9.17, 15) is 24.3 Å². The summed E-state index contributed by atoms with van der Waals surface area (Å²) in [6.07, 6.45) is 3.26. The van der Waals surface area contributed by atoms with Crippen LogP contribution in [0.1, 0.15) is 11.1 Å². The molecule has 6 rings (SSSR count). The molecule has 4 amide bonds. The molecular formula is C35H26BBr5N2O8S2. The summed E-state index contributed by atoms with van der Waals surface area (Å²) >= 11 is 17.9. The molecule has 0 radical (unpaired) electrons. The van der Waals surface area contributed by atoms with Gasteiger partial charge in [0.15, 0.2) is 23.0 Å². The molecule has 0 bridgehead atoms. The Labute approximate surface area is 355 Å². The molecule has 0 aromatic heterocycles. The molecule has 18 heteroatoms. The molecule has 53 heavy (non-hydrogen) atoms. The van der Waals surface area contributed by atoms with Gasteiger partial charge in [-0.2, -0.15) is 0 Å². The summed E-state index contributed by atoms with van der Waals surface area (Å²) in [6.45, 7) is 0. The second-order valence-electron chi connectivity index (χ2n) is 10.4. The van der Waals surface area contributed by atoms with Crippen molar-refractivity contribution in [2.24, 2.45) is 0 Å². The number of thioether (sulfide) groups is 2. The lowest BCUT2D eigenvalue weighted by Gasteiger charge is -2.12. The second kappa shape index (κ2) is 20.1. The number of rotatable bonds is 7. The maximum atomic E-state index is 12.1. The zero-order valence-electron chi connectivity index (χ0n) is 27.7. The first-order valence-corrected chi connectivity index (χ1v) is 20.9. The van der Waals surface area contributed by atoms with Crippen molar-refractivity contribution in [3.05, 3.63) is 115 Å². The highest BCUT2D eigenvalue weighted by atomic mass is 79.9. The van der Waals surface area contributed by atoms with Crippen LogP contribution in [0.25, 0.3) is 12.2 Å². The van der Waals surface area contributed by atoms with Gasteiger partial charge in [-0.3, -0.25) is 29.0 Å². The zero-order valence-corrected chi connectivity index (χ0v) is 37.3. The molecule has 2 aliphatic heterocycles. The maximum absolute atomic E-state index is 12.1. The molecule has 2 fully saturated rings. The van der Waals surface area contributed by atoms with Gasteiger partial charge in [0.25, 0.3) is 22.3 Å². The molecule has 0 saturated carbocycles. The van der Waals surface area contributed by atoms with Crippen LogP contribution in [0.2, 0.25) is 0 Å². The number of carbonyl (C=O) groups is 4. The monoisotopic (exact) mass is 1070 g/mol. The molecule has 4 aromatic carbocycles. The number of para-hydroxylation sites is 2. The standard InChI is InChI=1S/C18H14BrNO4S.C17H12BrNO4S.BBr3/c1-20-17(21)16(25-18(20)22)9-11-8-15(14(23-2)10-13(11)19)24-12-6-4-3-5-7-12;1-19-16(21)15(24-17(19)22)8-10-7-14(13(20)9-12(10)18)23-11-5-3-2-4-6-11;2-1(3)4/h3-10H,1-2H3;2-9,20H,1H3;/b16-9-;15-8-;. The van der Waals surface area contributed by atoms with Crippen molar-refractivity contribution < 1.29 is 38.5 Å². The van der Waals surface area contributed by atoms with Crippen LogP contribution in [0.5, 0.6) is 34.5 Å². The predicted molar refractivity (Wildman–Crippen MR) is 230 cm³/mol.